The third-order valence-corrected chi connectivity index (χ3v) is 4.05. The minimum Gasteiger partial charge on any atom is -0.380 e. The van der Waals surface area contributed by atoms with Crippen LogP contribution in [0.25, 0.3) is 0 Å². The SMILES string of the molecule is CCOCC(C)N1C(=O)C(C)(CC)NC(=O)C1C(C)C. The standard InChI is InChI=1S/C15H28N2O3/c1-7-15(6)14(19)17(11(5)9-20-8-2)12(10(3)4)13(18)16-15/h10-12H,7-9H2,1-6H3,(H,16,18). The van der Waals surface area contributed by atoms with Crippen LogP contribution < -0.4 is 5.32 Å². The van der Waals surface area contributed by atoms with Gasteiger partial charge in [-0.2, -0.15) is 0 Å². The van der Waals surface area contributed by atoms with Crippen LogP contribution in [0.4, 0.5) is 0 Å². The van der Waals surface area contributed by atoms with Crippen molar-refractivity contribution in [2.75, 3.05) is 13.2 Å². The molecule has 0 aromatic carbocycles. The molecule has 0 saturated carbocycles. The first-order chi connectivity index (χ1) is 9.28. The van der Waals surface area contributed by atoms with Gasteiger partial charge < -0.3 is 15.0 Å². The van der Waals surface area contributed by atoms with Crippen LogP contribution in [0.2, 0.25) is 0 Å². The molecule has 3 unspecified atom stereocenters. The van der Waals surface area contributed by atoms with Crippen LogP contribution in [0.3, 0.4) is 0 Å². The molecule has 5 nitrogen and oxygen atoms in total. The summed E-state index contributed by atoms with van der Waals surface area (Å²) in [6.07, 6.45) is 0.584. The maximum atomic E-state index is 12.8. The van der Waals surface area contributed by atoms with Crippen molar-refractivity contribution in [1.29, 1.82) is 0 Å². The lowest BCUT2D eigenvalue weighted by molar-refractivity contribution is -0.160. The molecule has 0 aliphatic carbocycles. The van der Waals surface area contributed by atoms with Gasteiger partial charge in [-0.3, -0.25) is 9.59 Å². The molecule has 5 heteroatoms. The summed E-state index contributed by atoms with van der Waals surface area (Å²) in [7, 11) is 0. The summed E-state index contributed by atoms with van der Waals surface area (Å²) in [5.41, 5.74) is -0.803. The molecular formula is C15H28N2O3. The zero-order chi connectivity index (χ0) is 15.5. The number of carbonyl (C=O) groups excluding carboxylic acids is 2. The molecule has 1 aliphatic heterocycles. The molecule has 2 amide bonds. The van der Waals surface area contributed by atoms with Crippen LogP contribution in [0, 0.1) is 5.92 Å². The third-order valence-electron chi connectivity index (χ3n) is 4.05. The molecule has 0 aromatic rings. The highest BCUT2D eigenvalue weighted by Crippen LogP contribution is 2.27. The fourth-order valence-corrected chi connectivity index (χ4v) is 2.64. The highest BCUT2D eigenvalue weighted by atomic mass is 16.5. The van der Waals surface area contributed by atoms with Gasteiger partial charge in [-0.05, 0) is 33.1 Å². The normalized spacial score (nSPS) is 28.8. The lowest BCUT2D eigenvalue weighted by atomic mass is 9.87. The van der Waals surface area contributed by atoms with E-state index in [-0.39, 0.29) is 23.8 Å². The second kappa shape index (κ2) is 6.57. The number of amides is 2. The molecule has 1 heterocycles. The molecule has 0 aromatic heterocycles. The molecular weight excluding hydrogens is 256 g/mol. The first kappa shape index (κ1) is 17.0. The van der Waals surface area contributed by atoms with Gasteiger partial charge in [-0.1, -0.05) is 20.8 Å². The van der Waals surface area contributed by atoms with E-state index in [0.717, 1.165) is 0 Å². The van der Waals surface area contributed by atoms with E-state index < -0.39 is 11.6 Å². The summed E-state index contributed by atoms with van der Waals surface area (Å²) in [5.74, 6) is 0.00207. The van der Waals surface area contributed by atoms with Crippen molar-refractivity contribution in [1.82, 2.24) is 10.2 Å². The van der Waals surface area contributed by atoms with E-state index >= 15 is 0 Å². The molecule has 1 rings (SSSR count). The predicted octanol–water partition coefficient (Wildman–Crippen LogP) is 1.56. The predicted molar refractivity (Wildman–Crippen MR) is 78.3 cm³/mol. The van der Waals surface area contributed by atoms with E-state index in [1.165, 1.54) is 0 Å². The minimum atomic E-state index is -0.803. The van der Waals surface area contributed by atoms with Crippen molar-refractivity contribution < 1.29 is 14.3 Å². The van der Waals surface area contributed by atoms with Gasteiger partial charge in [0.1, 0.15) is 11.6 Å². The number of nitrogens with zero attached hydrogens (tertiary/aromatic N) is 1. The number of hydrogen-bond acceptors (Lipinski definition) is 3. The van der Waals surface area contributed by atoms with Gasteiger partial charge in [0, 0.05) is 6.61 Å². The molecule has 0 radical (unpaired) electrons. The summed E-state index contributed by atoms with van der Waals surface area (Å²) in [5, 5.41) is 2.89. The zero-order valence-electron chi connectivity index (χ0n) is 13.5. The second-order valence-corrected chi connectivity index (χ2v) is 6.08. The Hall–Kier alpha value is -1.10. The van der Waals surface area contributed by atoms with Crippen molar-refractivity contribution in [3.8, 4) is 0 Å². The Morgan fingerprint density at radius 2 is 1.90 bits per heavy atom. The van der Waals surface area contributed by atoms with Gasteiger partial charge in [0.25, 0.3) is 0 Å². The topological polar surface area (TPSA) is 58.6 Å². The zero-order valence-corrected chi connectivity index (χ0v) is 13.5. The van der Waals surface area contributed by atoms with Crippen molar-refractivity contribution in [3.05, 3.63) is 0 Å². The highest BCUT2D eigenvalue weighted by molar-refractivity contribution is 5.99. The average Bonchev–Trinajstić information content (AvgIpc) is 2.39. The van der Waals surface area contributed by atoms with Crippen LogP contribution in [-0.4, -0.2) is 47.6 Å². The van der Waals surface area contributed by atoms with E-state index in [1.54, 1.807) is 11.8 Å². The quantitative estimate of drug-likeness (QED) is 0.805. The van der Waals surface area contributed by atoms with Gasteiger partial charge in [-0.25, -0.2) is 0 Å². The number of piperazine rings is 1. The Bertz CT molecular complexity index is 370. The number of hydrogen-bond donors (Lipinski definition) is 1. The lowest BCUT2D eigenvalue weighted by Crippen LogP contribution is -2.72. The molecule has 20 heavy (non-hydrogen) atoms. The summed E-state index contributed by atoms with van der Waals surface area (Å²) in [6.45, 7) is 12.6. The summed E-state index contributed by atoms with van der Waals surface area (Å²) >= 11 is 0. The van der Waals surface area contributed by atoms with Crippen LogP contribution in [-0.2, 0) is 14.3 Å². The largest absolute Gasteiger partial charge is 0.380 e. The minimum absolute atomic E-state index is 0.00879. The van der Waals surface area contributed by atoms with Gasteiger partial charge in [0.15, 0.2) is 0 Å². The number of nitrogens with one attached hydrogen (secondary N) is 1. The second-order valence-electron chi connectivity index (χ2n) is 6.08. The molecule has 1 N–H and O–H groups in total. The summed E-state index contributed by atoms with van der Waals surface area (Å²) in [6, 6.07) is -0.524. The first-order valence-corrected chi connectivity index (χ1v) is 7.51. The molecule has 0 spiro atoms. The highest BCUT2D eigenvalue weighted by Gasteiger charge is 2.49. The molecule has 116 valence electrons. The molecule has 0 bridgehead atoms. The van der Waals surface area contributed by atoms with Crippen molar-refractivity contribution in [3.63, 3.8) is 0 Å². The van der Waals surface area contributed by atoms with Crippen LogP contribution >= 0.6 is 0 Å². The Balaban J connectivity index is 3.08. The molecule has 1 aliphatic rings. The lowest BCUT2D eigenvalue weighted by Gasteiger charge is -2.48. The maximum absolute atomic E-state index is 12.8. The van der Waals surface area contributed by atoms with Gasteiger partial charge in [0.2, 0.25) is 11.8 Å². The monoisotopic (exact) mass is 284 g/mol. The third kappa shape index (κ3) is 3.14. The van der Waals surface area contributed by atoms with Crippen LogP contribution in [0.5, 0.6) is 0 Å². The van der Waals surface area contributed by atoms with Gasteiger partial charge in [0.05, 0.1) is 12.6 Å². The van der Waals surface area contributed by atoms with Crippen molar-refractivity contribution >= 4 is 11.8 Å². The van der Waals surface area contributed by atoms with Gasteiger partial charge >= 0.3 is 0 Å². The fourth-order valence-electron chi connectivity index (χ4n) is 2.64. The number of carbonyl (C=O) groups is 2. The smallest absolute Gasteiger partial charge is 0.249 e. The molecule has 3 atom stereocenters. The van der Waals surface area contributed by atoms with E-state index in [1.807, 2.05) is 34.6 Å². The molecule has 1 fully saturated rings. The molecule has 1 saturated heterocycles. The van der Waals surface area contributed by atoms with Crippen molar-refractivity contribution in [2.24, 2.45) is 5.92 Å². The number of rotatable bonds is 6. The Kier molecular flexibility index (Phi) is 5.57. The summed E-state index contributed by atoms with van der Waals surface area (Å²) < 4.78 is 5.44. The van der Waals surface area contributed by atoms with E-state index in [4.69, 9.17) is 4.74 Å². The maximum Gasteiger partial charge on any atom is 0.249 e. The van der Waals surface area contributed by atoms with Gasteiger partial charge in [-0.15, -0.1) is 0 Å². The Morgan fingerprint density at radius 1 is 1.30 bits per heavy atom. The van der Waals surface area contributed by atoms with Crippen LogP contribution in [0.15, 0.2) is 0 Å². The Morgan fingerprint density at radius 3 is 2.35 bits per heavy atom. The van der Waals surface area contributed by atoms with Crippen LogP contribution in [0.1, 0.15) is 48.0 Å². The first-order valence-electron chi connectivity index (χ1n) is 7.51. The van der Waals surface area contributed by atoms with E-state index in [9.17, 15) is 9.59 Å². The van der Waals surface area contributed by atoms with E-state index in [0.29, 0.717) is 19.6 Å². The number of ether oxygens (including phenoxy) is 1. The fraction of sp³-hybridized carbons (Fsp3) is 0.867. The average molecular weight is 284 g/mol. The van der Waals surface area contributed by atoms with E-state index in [2.05, 4.69) is 5.32 Å². The summed E-state index contributed by atoms with van der Waals surface area (Å²) in [4.78, 5) is 26.9. The van der Waals surface area contributed by atoms with Crippen molar-refractivity contribution in [2.45, 2.75) is 65.6 Å². The Labute approximate surface area is 122 Å².